The maximum atomic E-state index is 12.7. The number of aryl methyl sites for hydroxylation is 1. The summed E-state index contributed by atoms with van der Waals surface area (Å²) in [6.45, 7) is 8.08. The molecule has 0 saturated heterocycles. The lowest BCUT2D eigenvalue weighted by Gasteiger charge is -2.12. The van der Waals surface area contributed by atoms with Gasteiger partial charge in [0.25, 0.3) is 11.8 Å². The van der Waals surface area contributed by atoms with Gasteiger partial charge >= 0.3 is 0 Å². The Morgan fingerprint density at radius 1 is 1.15 bits per heavy atom. The molecule has 0 saturated carbocycles. The van der Waals surface area contributed by atoms with Crippen molar-refractivity contribution in [2.75, 3.05) is 0 Å². The molecule has 3 heterocycles. The lowest BCUT2D eigenvalue weighted by molar-refractivity contribution is 0.0934. The lowest BCUT2D eigenvalue weighted by Crippen LogP contribution is -2.33. The van der Waals surface area contributed by atoms with Crippen molar-refractivity contribution >= 4 is 5.91 Å². The molecule has 1 amide bonds. The summed E-state index contributed by atoms with van der Waals surface area (Å²) < 4.78 is 7.13. The average Bonchev–Trinajstić information content (AvgIpc) is 3.49. The molecule has 0 spiro atoms. The van der Waals surface area contributed by atoms with E-state index in [-0.39, 0.29) is 17.4 Å². The standard InChI is InChI=1S/C25H28N6O2/c1-17(10-11-18-8-6-5-7-9-18)28-22(32)20-15-31(16-27-20)21-14-19(12-13-26-21)23-29-24(30-33-23)25(2,3)4/h5-9,12-17H,10-11H2,1-4H3,(H,28,32)/t17-/m1/s1. The van der Waals surface area contributed by atoms with Gasteiger partial charge in [-0.3, -0.25) is 9.36 Å². The van der Waals surface area contributed by atoms with Crippen LogP contribution in [-0.2, 0) is 11.8 Å². The highest BCUT2D eigenvalue weighted by atomic mass is 16.5. The molecular formula is C25H28N6O2. The van der Waals surface area contributed by atoms with Crippen LogP contribution in [0, 0.1) is 0 Å². The minimum atomic E-state index is -0.211. The van der Waals surface area contributed by atoms with Crippen LogP contribution in [0.3, 0.4) is 0 Å². The van der Waals surface area contributed by atoms with Crippen LogP contribution in [0.1, 0.15) is 56.0 Å². The van der Waals surface area contributed by atoms with Crippen molar-refractivity contribution in [1.82, 2.24) is 30.0 Å². The molecular weight excluding hydrogens is 416 g/mol. The number of rotatable bonds is 7. The maximum Gasteiger partial charge on any atom is 0.271 e. The molecule has 0 bridgehead atoms. The first-order chi connectivity index (χ1) is 15.8. The van der Waals surface area contributed by atoms with Crippen molar-refractivity contribution in [3.05, 3.63) is 78.3 Å². The molecule has 1 atom stereocenters. The number of imidazole rings is 1. The van der Waals surface area contributed by atoms with Crippen LogP contribution in [0.5, 0.6) is 0 Å². The van der Waals surface area contributed by atoms with Crippen molar-refractivity contribution < 1.29 is 9.32 Å². The molecule has 0 unspecified atom stereocenters. The first-order valence-electron chi connectivity index (χ1n) is 11.0. The number of hydrogen-bond donors (Lipinski definition) is 1. The maximum absolute atomic E-state index is 12.7. The van der Waals surface area contributed by atoms with Gasteiger partial charge < -0.3 is 9.84 Å². The zero-order chi connectivity index (χ0) is 23.4. The predicted octanol–water partition coefficient (Wildman–Crippen LogP) is 4.37. The largest absolute Gasteiger partial charge is 0.348 e. The highest BCUT2D eigenvalue weighted by Gasteiger charge is 2.22. The second-order valence-corrected chi connectivity index (χ2v) is 9.14. The Balaban J connectivity index is 1.42. The third-order valence-corrected chi connectivity index (χ3v) is 5.26. The van der Waals surface area contributed by atoms with Crippen LogP contribution in [0.25, 0.3) is 17.3 Å². The molecule has 1 aromatic carbocycles. The lowest BCUT2D eigenvalue weighted by atomic mass is 9.96. The SMILES string of the molecule is C[C@H](CCc1ccccc1)NC(=O)c1cn(-c2cc(-c3nc(C(C)(C)C)no3)ccn2)cn1. The number of aromatic nitrogens is 5. The number of pyridine rings is 1. The molecule has 0 fully saturated rings. The van der Waals surface area contributed by atoms with Gasteiger partial charge in [-0.15, -0.1) is 0 Å². The van der Waals surface area contributed by atoms with E-state index in [1.165, 1.54) is 5.56 Å². The van der Waals surface area contributed by atoms with Gasteiger partial charge in [0.05, 0.1) is 0 Å². The Hall–Kier alpha value is -3.81. The number of hydrogen-bond acceptors (Lipinski definition) is 6. The van der Waals surface area contributed by atoms with Crippen LogP contribution in [0.4, 0.5) is 0 Å². The molecule has 8 nitrogen and oxygen atoms in total. The van der Waals surface area contributed by atoms with E-state index in [1.807, 2.05) is 58.0 Å². The molecule has 0 aliphatic rings. The molecule has 0 radical (unpaired) electrons. The third kappa shape index (κ3) is 5.52. The van der Waals surface area contributed by atoms with Crippen molar-refractivity contribution in [2.45, 2.75) is 52.0 Å². The van der Waals surface area contributed by atoms with Gasteiger partial charge in [-0.1, -0.05) is 56.3 Å². The first kappa shape index (κ1) is 22.4. The topological polar surface area (TPSA) is 98.7 Å². The highest BCUT2D eigenvalue weighted by molar-refractivity contribution is 5.92. The van der Waals surface area contributed by atoms with Crippen LogP contribution in [0.15, 0.2) is 65.7 Å². The zero-order valence-electron chi connectivity index (χ0n) is 19.3. The second-order valence-electron chi connectivity index (χ2n) is 9.14. The van der Waals surface area contributed by atoms with Crippen molar-refractivity contribution in [1.29, 1.82) is 0 Å². The van der Waals surface area contributed by atoms with E-state index in [1.54, 1.807) is 23.3 Å². The van der Waals surface area contributed by atoms with Crippen molar-refractivity contribution in [2.24, 2.45) is 0 Å². The minimum Gasteiger partial charge on any atom is -0.348 e. The molecule has 4 rings (SSSR count). The molecule has 170 valence electrons. The Labute approximate surface area is 193 Å². The number of carbonyl (C=O) groups is 1. The quantitative estimate of drug-likeness (QED) is 0.455. The summed E-state index contributed by atoms with van der Waals surface area (Å²) in [5.41, 5.74) is 2.13. The summed E-state index contributed by atoms with van der Waals surface area (Å²) in [6.07, 6.45) is 6.65. The fraction of sp³-hybridized carbons (Fsp3) is 0.320. The van der Waals surface area contributed by atoms with E-state index in [4.69, 9.17) is 4.52 Å². The number of amides is 1. The first-order valence-corrected chi connectivity index (χ1v) is 11.0. The molecule has 33 heavy (non-hydrogen) atoms. The summed E-state index contributed by atoms with van der Waals surface area (Å²) in [7, 11) is 0. The normalized spacial score (nSPS) is 12.5. The summed E-state index contributed by atoms with van der Waals surface area (Å²) in [5, 5.41) is 7.09. The van der Waals surface area contributed by atoms with E-state index < -0.39 is 0 Å². The van der Waals surface area contributed by atoms with E-state index in [0.29, 0.717) is 23.2 Å². The van der Waals surface area contributed by atoms with Gasteiger partial charge in [0.1, 0.15) is 17.8 Å². The Morgan fingerprint density at radius 3 is 2.67 bits per heavy atom. The number of nitrogens with zero attached hydrogens (tertiary/aromatic N) is 5. The van der Waals surface area contributed by atoms with E-state index in [9.17, 15) is 4.79 Å². The number of carbonyl (C=O) groups excluding carboxylic acids is 1. The molecule has 1 N–H and O–H groups in total. The second kappa shape index (κ2) is 9.36. The molecule has 0 aliphatic carbocycles. The molecule has 3 aromatic heterocycles. The van der Waals surface area contributed by atoms with Gasteiger partial charge in [0.2, 0.25) is 0 Å². The molecule has 4 aromatic rings. The van der Waals surface area contributed by atoms with E-state index in [2.05, 4.69) is 37.6 Å². The van der Waals surface area contributed by atoms with Crippen LogP contribution >= 0.6 is 0 Å². The average molecular weight is 445 g/mol. The number of nitrogens with one attached hydrogen (secondary N) is 1. The van der Waals surface area contributed by atoms with Gasteiger partial charge in [0.15, 0.2) is 5.82 Å². The Bertz CT molecular complexity index is 1220. The summed E-state index contributed by atoms with van der Waals surface area (Å²) in [4.78, 5) is 25.8. The van der Waals surface area contributed by atoms with Gasteiger partial charge in [-0.05, 0) is 37.5 Å². The minimum absolute atomic E-state index is 0.0267. The number of benzene rings is 1. The summed E-state index contributed by atoms with van der Waals surface area (Å²) in [6, 6.07) is 13.9. The Morgan fingerprint density at radius 2 is 1.94 bits per heavy atom. The van der Waals surface area contributed by atoms with Gasteiger partial charge in [-0.25, -0.2) is 9.97 Å². The summed E-state index contributed by atoms with van der Waals surface area (Å²) >= 11 is 0. The van der Waals surface area contributed by atoms with Crippen molar-refractivity contribution in [3.8, 4) is 17.3 Å². The van der Waals surface area contributed by atoms with Gasteiger partial charge in [0, 0.05) is 29.4 Å². The monoisotopic (exact) mass is 444 g/mol. The highest BCUT2D eigenvalue weighted by Crippen LogP contribution is 2.24. The van der Waals surface area contributed by atoms with Crippen molar-refractivity contribution in [3.63, 3.8) is 0 Å². The van der Waals surface area contributed by atoms with E-state index in [0.717, 1.165) is 18.4 Å². The predicted molar refractivity (Wildman–Crippen MR) is 125 cm³/mol. The molecule has 0 aliphatic heterocycles. The Kier molecular flexibility index (Phi) is 6.35. The smallest absolute Gasteiger partial charge is 0.271 e. The fourth-order valence-electron chi connectivity index (χ4n) is 3.30. The third-order valence-electron chi connectivity index (χ3n) is 5.26. The zero-order valence-corrected chi connectivity index (χ0v) is 19.3. The fourth-order valence-corrected chi connectivity index (χ4v) is 3.30. The van der Waals surface area contributed by atoms with Crippen LogP contribution in [0.2, 0.25) is 0 Å². The van der Waals surface area contributed by atoms with E-state index >= 15 is 0 Å². The van der Waals surface area contributed by atoms with Gasteiger partial charge in [-0.2, -0.15) is 4.98 Å². The summed E-state index contributed by atoms with van der Waals surface area (Å²) in [5.74, 6) is 1.46. The molecule has 8 heteroatoms. The van der Waals surface area contributed by atoms with Crippen LogP contribution in [-0.4, -0.2) is 36.6 Å². The van der Waals surface area contributed by atoms with Crippen LogP contribution < -0.4 is 5.32 Å².